The van der Waals surface area contributed by atoms with Crippen molar-refractivity contribution < 1.29 is 0 Å². The van der Waals surface area contributed by atoms with Crippen LogP contribution in [-0.2, 0) is 6.42 Å². The molecule has 0 aromatic heterocycles. The molecule has 0 saturated heterocycles. The largest absolute Gasteiger partial charge is 0.0949 e. The molecule has 0 saturated carbocycles. The van der Waals surface area contributed by atoms with E-state index in [0.717, 1.165) is 19.3 Å². The topological polar surface area (TPSA) is 0 Å². The quantitative estimate of drug-likeness (QED) is 0.545. The van der Waals surface area contributed by atoms with E-state index >= 15 is 0 Å². The Morgan fingerprint density at radius 1 is 0.926 bits per heavy atom. The van der Waals surface area contributed by atoms with Crippen LogP contribution >= 0.6 is 0 Å². The summed E-state index contributed by atoms with van der Waals surface area (Å²) in [4.78, 5) is 0. The Hall–Kier alpha value is -2.60. The van der Waals surface area contributed by atoms with Crippen LogP contribution < -0.4 is 0 Å². The summed E-state index contributed by atoms with van der Waals surface area (Å²) < 4.78 is 0. The van der Waals surface area contributed by atoms with Crippen molar-refractivity contribution in [1.82, 2.24) is 0 Å². The van der Waals surface area contributed by atoms with Gasteiger partial charge in [0.05, 0.1) is 0 Å². The number of aryl methyl sites for hydroxylation is 3. The lowest BCUT2D eigenvalue weighted by molar-refractivity contribution is 1.16. The minimum atomic E-state index is 0.934. The molecule has 0 radical (unpaired) electrons. The molecule has 2 aliphatic rings. The van der Waals surface area contributed by atoms with Gasteiger partial charge in [-0.25, -0.2) is 0 Å². The number of hydrogen-bond acceptors (Lipinski definition) is 0. The minimum absolute atomic E-state index is 0.934. The van der Waals surface area contributed by atoms with Gasteiger partial charge in [0.15, 0.2) is 0 Å². The highest BCUT2D eigenvalue weighted by Crippen LogP contribution is 2.40. The van der Waals surface area contributed by atoms with Gasteiger partial charge in [-0.2, -0.15) is 0 Å². The maximum absolute atomic E-state index is 4.45. The Morgan fingerprint density at radius 3 is 2.41 bits per heavy atom. The molecule has 0 atom stereocenters. The van der Waals surface area contributed by atoms with Crippen LogP contribution in [-0.4, -0.2) is 0 Å². The average molecular weight is 353 g/mol. The highest BCUT2D eigenvalue weighted by atomic mass is 14.3. The van der Waals surface area contributed by atoms with Crippen molar-refractivity contribution >= 4 is 11.6 Å². The van der Waals surface area contributed by atoms with Crippen LogP contribution in [0.25, 0.3) is 11.6 Å². The maximum atomic E-state index is 4.45. The summed E-state index contributed by atoms with van der Waals surface area (Å²) in [7, 11) is 0. The summed E-state index contributed by atoms with van der Waals surface area (Å²) >= 11 is 0. The molecule has 0 fully saturated rings. The monoisotopic (exact) mass is 352 g/mol. The number of rotatable bonds is 4. The number of hydrogen-bond donors (Lipinski definition) is 0. The molecule has 0 N–H and O–H groups in total. The Kier molecular flexibility index (Phi) is 4.52. The fourth-order valence-corrected chi connectivity index (χ4v) is 4.61. The highest BCUT2D eigenvalue weighted by molar-refractivity contribution is 5.77. The third-order valence-corrected chi connectivity index (χ3v) is 6.19. The standard InChI is InChI=1S/C27H28/c1-17-12-13-23-15-24(16-26(23)21(17)5)25-11-7-10-22(25)14-20(4)27-18(2)8-6-9-19(27)3/h6,8-13,16H,4,7,14-15H2,1-3,5H3. The smallest absolute Gasteiger partial charge is 0.00136 e. The first kappa shape index (κ1) is 17.8. The Balaban J connectivity index is 1.59. The lowest BCUT2D eigenvalue weighted by atomic mass is 9.89. The summed E-state index contributed by atoms with van der Waals surface area (Å²) in [6.07, 6.45) is 10.2. The first-order valence-electron chi connectivity index (χ1n) is 9.89. The van der Waals surface area contributed by atoms with E-state index in [1.54, 1.807) is 0 Å². The Morgan fingerprint density at radius 2 is 1.67 bits per heavy atom. The van der Waals surface area contributed by atoms with Gasteiger partial charge in [-0.15, -0.1) is 0 Å². The molecular formula is C27H28. The predicted octanol–water partition coefficient (Wildman–Crippen LogP) is 7.22. The van der Waals surface area contributed by atoms with Gasteiger partial charge in [0.1, 0.15) is 0 Å². The zero-order chi connectivity index (χ0) is 19.1. The van der Waals surface area contributed by atoms with Crippen molar-refractivity contribution in [3.8, 4) is 0 Å². The lowest BCUT2D eigenvalue weighted by Crippen LogP contribution is -1.97. The first-order valence-corrected chi connectivity index (χ1v) is 9.89. The van der Waals surface area contributed by atoms with E-state index in [4.69, 9.17) is 0 Å². The van der Waals surface area contributed by atoms with Crippen molar-refractivity contribution in [2.75, 3.05) is 0 Å². The van der Waals surface area contributed by atoms with E-state index in [-0.39, 0.29) is 0 Å². The van der Waals surface area contributed by atoms with Crippen molar-refractivity contribution in [1.29, 1.82) is 0 Å². The molecule has 0 unspecified atom stereocenters. The molecule has 2 aromatic rings. The van der Waals surface area contributed by atoms with E-state index < -0.39 is 0 Å². The summed E-state index contributed by atoms with van der Waals surface area (Å²) in [6, 6.07) is 11.1. The molecule has 0 heterocycles. The third kappa shape index (κ3) is 3.14. The lowest BCUT2D eigenvalue weighted by Gasteiger charge is -2.16. The van der Waals surface area contributed by atoms with E-state index in [1.165, 1.54) is 61.2 Å². The Bertz CT molecular complexity index is 1020. The molecule has 0 aliphatic heterocycles. The van der Waals surface area contributed by atoms with Gasteiger partial charge in [-0.1, -0.05) is 55.1 Å². The third-order valence-electron chi connectivity index (χ3n) is 6.19. The van der Waals surface area contributed by atoms with Crippen LogP contribution in [0.1, 0.15) is 51.8 Å². The molecule has 0 bridgehead atoms. The zero-order valence-electron chi connectivity index (χ0n) is 16.9. The van der Waals surface area contributed by atoms with Crippen LogP contribution in [0.3, 0.4) is 0 Å². The molecule has 27 heavy (non-hydrogen) atoms. The first-order chi connectivity index (χ1) is 13.0. The van der Waals surface area contributed by atoms with E-state index in [2.05, 4.69) is 82.8 Å². The van der Waals surface area contributed by atoms with Crippen LogP contribution in [0.5, 0.6) is 0 Å². The molecule has 0 nitrogen and oxygen atoms in total. The second-order valence-electron chi connectivity index (χ2n) is 8.06. The van der Waals surface area contributed by atoms with Gasteiger partial charge in [0, 0.05) is 0 Å². The van der Waals surface area contributed by atoms with Gasteiger partial charge < -0.3 is 0 Å². The van der Waals surface area contributed by atoms with Crippen LogP contribution in [0.2, 0.25) is 0 Å². The fraction of sp³-hybridized carbons (Fsp3) is 0.259. The fourth-order valence-electron chi connectivity index (χ4n) is 4.61. The van der Waals surface area contributed by atoms with E-state index in [1.807, 2.05) is 0 Å². The average Bonchev–Trinajstić information content (AvgIpc) is 3.25. The van der Waals surface area contributed by atoms with Gasteiger partial charge >= 0.3 is 0 Å². The van der Waals surface area contributed by atoms with Crippen molar-refractivity contribution in [2.45, 2.75) is 47.0 Å². The number of fused-ring (bicyclic) bond motifs is 1. The van der Waals surface area contributed by atoms with Gasteiger partial charge in [0.25, 0.3) is 0 Å². The molecule has 0 heteroatoms. The molecule has 2 aromatic carbocycles. The summed E-state index contributed by atoms with van der Waals surface area (Å²) in [5.74, 6) is 0. The summed E-state index contributed by atoms with van der Waals surface area (Å²) in [6.45, 7) is 13.3. The zero-order valence-corrected chi connectivity index (χ0v) is 16.9. The Labute approximate surface area is 163 Å². The highest BCUT2D eigenvalue weighted by Gasteiger charge is 2.22. The second kappa shape index (κ2) is 6.85. The van der Waals surface area contributed by atoms with Gasteiger partial charge in [-0.05, 0) is 108 Å². The van der Waals surface area contributed by atoms with Crippen molar-refractivity contribution in [3.05, 3.63) is 105 Å². The molecule has 136 valence electrons. The number of allylic oxidation sites excluding steroid dienone is 6. The van der Waals surface area contributed by atoms with Crippen LogP contribution in [0.15, 0.2) is 65.8 Å². The number of benzene rings is 2. The normalized spacial score (nSPS) is 15.3. The van der Waals surface area contributed by atoms with Crippen molar-refractivity contribution in [3.63, 3.8) is 0 Å². The van der Waals surface area contributed by atoms with E-state index in [9.17, 15) is 0 Å². The minimum Gasteiger partial charge on any atom is -0.0949 e. The molecule has 4 rings (SSSR count). The summed E-state index contributed by atoms with van der Waals surface area (Å²) in [5, 5.41) is 0. The summed E-state index contributed by atoms with van der Waals surface area (Å²) in [5.41, 5.74) is 15.3. The molecule has 2 aliphatic carbocycles. The molecular weight excluding hydrogens is 324 g/mol. The van der Waals surface area contributed by atoms with Crippen molar-refractivity contribution in [2.24, 2.45) is 0 Å². The molecule has 0 amide bonds. The predicted molar refractivity (Wildman–Crippen MR) is 118 cm³/mol. The molecule has 0 spiro atoms. The van der Waals surface area contributed by atoms with Crippen LogP contribution in [0, 0.1) is 27.7 Å². The maximum Gasteiger partial charge on any atom is -0.00136 e. The van der Waals surface area contributed by atoms with Crippen LogP contribution in [0.4, 0.5) is 0 Å². The SMILES string of the molecule is C=C(CC1=CCC=C1C1=Cc2c(ccc(C)c2C)C1)c1c(C)cccc1C. The van der Waals surface area contributed by atoms with Gasteiger partial charge in [-0.3, -0.25) is 0 Å². The van der Waals surface area contributed by atoms with Gasteiger partial charge in [0.2, 0.25) is 0 Å². The van der Waals surface area contributed by atoms with E-state index in [0.29, 0.717) is 0 Å². The second-order valence-corrected chi connectivity index (χ2v) is 8.06.